The van der Waals surface area contributed by atoms with Gasteiger partial charge in [0.15, 0.2) is 0 Å². The van der Waals surface area contributed by atoms with E-state index in [0.717, 1.165) is 0 Å². The number of rotatable bonds is 0. The summed E-state index contributed by atoms with van der Waals surface area (Å²) in [6.45, 7) is 1.74. The molecule has 0 aliphatic rings. The first-order valence-corrected chi connectivity index (χ1v) is 2.57. The Bertz CT molecular complexity index is 10.8. The summed E-state index contributed by atoms with van der Waals surface area (Å²) in [5, 5.41) is 8.08. The Morgan fingerprint density at radius 2 is 2.00 bits per heavy atom. The zero-order chi connectivity index (χ0) is 3.58. The molecule has 1 N–H and O–H groups in total. The van der Waals surface area contributed by atoms with Crippen LogP contribution < -0.4 is 0 Å². The van der Waals surface area contributed by atoms with E-state index in [-0.39, 0.29) is 4.15 Å². The summed E-state index contributed by atoms with van der Waals surface area (Å²) >= 11 is 1.43. The maximum atomic E-state index is 8.08. The van der Waals surface area contributed by atoms with Crippen molar-refractivity contribution >= 4 is 22.3 Å². The van der Waals surface area contributed by atoms with E-state index in [9.17, 15) is 0 Å². The van der Waals surface area contributed by atoms with Crippen molar-refractivity contribution in [2.24, 2.45) is 0 Å². The van der Waals surface area contributed by atoms with Gasteiger partial charge in [-0.1, -0.05) is 0 Å². The second kappa shape index (κ2) is 2.02. The minimum atomic E-state index is -0.117. The molecule has 0 radical (unpaired) electrons. The van der Waals surface area contributed by atoms with Crippen LogP contribution in [-0.4, -0.2) is 31.6 Å². The summed E-state index contributed by atoms with van der Waals surface area (Å²) in [4.78, 5) is 0. The number of aliphatic hydroxyl groups is 1. The van der Waals surface area contributed by atoms with Gasteiger partial charge in [0.05, 0.1) is 0 Å². The van der Waals surface area contributed by atoms with Gasteiger partial charge in [-0.15, -0.1) is 0 Å². The Morgan fingerprint density at radius 3 is 2.00 bits per heavy atom. The third kappa shape index (κ3) is 15.0. The van der Waals surface area contributed by atoms with Crippen LogP contribution in [0.2, 0.25) is 0 Å². The number of hydrogen-bond acceptors (Lipinski definition) is 1. The third-order valence-electron chi connectivity index (χ3n) is 0. The SMILES string of the molecule is CC(O)[TeH]. The fourth-order valence-corrected chi connectivity index (χ4v) is 0. The number of aliphatic hydroxyl groups excluding tert-OH is 1. The van der Waals surface area contributed by atoms with E-state index in [0.29, 0.717) is 0 Å². The molecule has 0 amide bonds. The third-order valence-corrected chi connectivity index (χ3v) is 0. The first-order valence-electron chi connectivity index (χ1n) is 1.09. The molecule has 26 valence electrons. The first-order chi connectivity index (χ1) is 1.73. The van der Waals surface area contributed by atoms with Crippen LogP contribution in [0.4, 0.5) is 0 Å². The second-order valence-electron chi connectivity index (χ2n) is 0.632. The minimum absolute atomic E-state index is 0.117. The molecule has 0 fully saturated rings. The summed E-state index contributed by atoms with van der Waals surface area (Å²) in [5.74, 6) is 0. The molecular formula is C2H6OTe. The van der Waals surface area contributed by atoms with Crippen LogP contribution in [0.1, 0.15) is 6.92 Å². The molecule has 1 nitrogen and oxygen atoms in total. The predicted molar refractivity (Wildman–Crippen MR) is 18.8 cm³/mol. The van der Waals surface area contributed by atoms with Crippen molar-refractivity contribution in [2.45, 2.75) is 11.1 Å². The Hall–Kier alpha value is 0.750. The molecule has 2 heteroatoms. The zero-order valence-corrected chi connectivity index (χ0v) is 5.02. The Balaban J connectivity index is 2.32. The predicted octanol–water partition coefficient (Wildman–Crippen LogP) is -0.775. The molecule has 0 bridgehead atoms. The van der Waals surface area contributed by atoms with Gasteiger partial charge in [-0.05, 0) is 0 Å². The van der Waals surface area contributed by atoms with Gasteiger partial charge in [0.2, 0.25) is 0 Å². The quantitative estimate of drug-likeness (QED) is 0.477. The van der Waals surface area contributed by atoms with Crippen LogP contribution in [0.5, 0.6) is 0 Å². The van der Waals surface area contributed by atoms with Gasteiger partial charge in [-0.3, -0.25) is 0 Å². The van der Waals surface area contributed by atoms with Crippen LogP contribution >= 0.6 is 0 Å². The van der Waals surface area contributed by atoms with Crippen LogP contribution in [-0.2, 0) is 0 Å². The van der Waals surface area contributed by atoms with E-state index in [1.165, 1.54) is 22.3 Å². The van der Waals surface area contributed by atoms with Gasteiger partial charge in [-0.25, -0.2) is 0 Å². The van der Waals surface area contributed by atoms with Crippen molar-refractivity contribution in [1.82, 2.24) is 0 Å². The molecule has 0 aliphatic heterocycles. The molecule has 0 aliphatic carbocycles. The molecule has 4 heavy (non-hydrogen) atoms. The van der Waals surface area contributed by atoms with Crippen molar-refractivity contribution in [3.8, 4) is 0 Å². The summed E-state index contributed by atoms with van der Waals surface area (Å²) in [5.41, 5.74) is 0. The normalized spacial score (nSPS) is 15.8. The van der Waals surface area contributed by atoms with Crippen molar-refractivity contribution in [3.63, 3.8) is 0 Å². The number of hydrogen-bond donors (Lipinski definition) is 1. The molecule has 0 saturated heterocycles. The Labute approximate surface area is 38.9 Å². The van der Waals surface area contributed by atoms with E-state index in [1.807, 2.05) is 0 Å². The van der Waals surface area contributed by atoms with Crippen molar-refractivity contribution in [2.75, 3.05) is 0 Å². The van der Waals surface area contributed by atoms with Gasteiger partial charge in [0.25, 0.3) is 0 Å². The van der Waals surface area contributed by atoms with Gasteiger partial charge >= 0.3 is 38.5 Å². The molecular weight excluding hydrogens is 168 g/mol. The second-order valence-corrected chi connectivity index (χ2v) is 2.76. The van der Waals surface area contributed by atoms with Crippen molar-refractivity contribution in [1.29, 1.82) is 0 Å². The maximum absolute atomic E-state index is 8.08. The van der Waals surface area contributed by atoms with E-state index in [2.05, 4.69) is 0 Å². The molecule has 0 heterocycles. The first kappa shape index (κ1) is 4.75. The monoisotopic (exact) mass is 176 g/mol. The van der Waals surface area contributed by atoms with E-state index in [4.69, 9.17) is 5.11 Å². The zero-order valence-electron chi connectivity index (χ0n) is 2.47. The fourth-order valence-electron chi connectivity index (χ4n) is 0. The van der Waals surface area contributed by atoms with E-state index >= 15 is 0 Å². The average Bonchev–Trinajstić information content (AvgIpc) is 0.811. The van der Waals surface area contributed by atoms with Crippen LogP contribution in [0, 0.1) is 0 Å². The topological polar surface area (TPSA) is 20.2 Å². The van der Waals surface area contributed by atoms with Crippen LogP contribution in [0.3, 0.4) is 0 Å². The summed E-state index contributed by atoms with van der Waals surface area (Å²) < 4.78 is -0.117. The van der Waals surface area contributed by atoms with Gasteiger partial charge < -0.3 is 0 Å². The van der Waals surface area contributed by atoms with Crippen LogP contribution in [0.25, 0.3) is 0 Å². The Kier molecular flexibility index (Phi) is 2.39. The summed E-state index contributed by atoms with van der Waals surface area (Å²) in [6.07, 6.45) is 0. The van der Waals surface area contributed by atoms with Gasteiger partial charge in [0, 0.05) is 0 Å². The van der Waals surface area contributed by atoms with Gasteiger partial charge in [-0.2, -0.15) is 0 Å². The average molecular weight is 174 g/mol. The molecule has 1 unspecified atom stereocenters. The fraction of sp³-hybridized carbons (Fsp3) is 1.00. The van der Waals surface area contributed by atoms with E-state index < -0.39 is 0 Å². The van der Waals surface area contributed by atoms with Crippen molar-refractivity contribution < 1.29 is 5.11 Å². The molecule has 0 aromatic rings. The molecule has 1 atom stereocenters. The summed E-state index contributed by atoms with van der Waals surface area (Å²) in [6, 6.07) is 0. The molecule has 0 saturated carbocycles. The summed E-state index contributed by atoms with van der Waals surface area (Å²) in [7, 11) is 0. The van der Waals surface area contributed by atoms with E-state index in [1.54, 1.807) is 6.92 Å². The van der Waals surface area contributed by atoms with Crippen LogP contribution in [0.15, 0.2) is 0 Å². The Morgan fingerprint density at radius 1 is 2.00 bits per heavy atom. The molecule has 0 aromatic carbocycles. The molecule has 0 spiro atoms. The standard InChI is InChI=1S/C2H6OTe/c1-2(3)4/h2-4H,1H3. The molecule has 0 rings (SSSR count). The van der Waals surface area contributed by atoms with Gasteiger partial charge in [0.1, 0.15) is 0 Å². The van der Waals surface area contributed by atoms with Crippen molar-refractivity contribution in [3.05, 3.63) is 0 Å². The molecule has 0 aromatic heterocycles.